The second kappa shape index (κ2) is 6.51. The van der Waals surface area contributed by atoms with E-state index in [9.17, 15) is 8.42 Å². The van der Waals surface area contributed by atoms with Crippen LogP contribution in [-0.2, 0) is 16.6 Å². The minimum atomic E-state index is -3.19. The number of pyridine rings is 1. The highest BCUT2D eigenvalue weighted by molar-refractivity contribution is 7.90. The van der Waals surface area contributed by atoms with E-state index in [4.69, 9.17) is 4.74 Å². The van der Waals surface area contributed by atoms with Crippen molar-refractivity contribution in [3.63, 3.8) is 0 Å². The van der Waals surface area contributed by atoms with Crippen molar-refractivity contribution in [2.24, 2.45) is 0 Å². The fourth-order valence-electron chi connectivity index (χ4n) is 2.48. The predicted octanol–water partition coefficient (Wildman–Crippen LogP) is 0.604. The van der Waals surface area contributed by atoms with Crippen LogP contribution in [0.25, 0.3) is 0 Å². The first-order valence-corrected chi connectivity index (χ1v) is 8.30. The SMILES string of the molecule is CCNS(=O)(=O)C1CCN(Cc2cccnc2OC)C1. The van der Waals surface area contributed by atoms with Gasteiger partial charge in [-0.2, -0.15) is 0 Å². The van der Waals surface area contributed by atoms with Gasteiger partial charge in [0, 0.05) is 31.4 Å². The fourth-order valence-corrected chi connectivity index (χ4v) is 3.94. The summed E-state index contributed by atoms with van der Waals surface area (Å²) < 4.78 is 31.8. The molecule has 1 aromatic rings. The van der Waals surface area contributed by atoms with Crippen LogP contribution in [0.2, 0.25) is 0 Å². The average Bonchev–Trinajstić information content (AvgIpc) is 2.89. The molecule has 1 unspecified atom stereocenters. The Morgan fingerprint density at radius 3 is 3.05 bits per heavy atom. The Kier molecular flexibility index (Phi) is 4.95. The van der Waals surface area contributed by atoms with Gasteiger partial charge in [0.1, 0.15) is 0 Å². The molecule has 0 bridgehead atoms. The van der Waals surface area contributed by atoms with E-state index < -0.39 is 10.0 Å². The van der Waals surface area contributed by atoms with Crippen molar-refractivity contribution in [2.75, 3.05) is 26.7 Å². The lowest BCUT2D eigenvalue weighted by Gasteiger charge is -2.17. The van der Waals surface area contributed by atoms with Crippen molar-refractivity contribution in [3.8, 4) is 5.88 Å². The lowest BCUT2D eigenvalue weighted by molar-refractivity contribution is 0.317. The molecule has 1 aromatic heterocycles. The van der Waals surface area contributed by atoms with E-state index in [0.717, 1.165) is 12.1 Å². The second-order valence-electron chi connectivity index (χ2n) is 4.86. The molecule has 0 amide bonds. The van der Waals surface area contributed by atoms with Crippen LogP contribution in [0.3, 0.4) is 0 Å². The normalized spacial score (nSPS) is 20.2. The predicted molar refractivity (Wildman–Crippen MR) is 77.1 cm³/mol. The molecule has 2 rings (SSSR count). The summed E-state index contributed by atoms with van der Waals surface area (Å²) in [5, 5.41) is -0.329. The van der Waals surface area contributed by atoms with Crippen LogP contribution in [-0.4, -0.2) is 50.3 Å². The smallest absolute Gasteiger partial charge is 0.217 e. The molecule has 1 aliphatic heterocycles. The van der Waals surface area contributed by atoms with E-state index in [2.05, 4.69) is 14.6 Å². The molecule has 1 saturated heterocycles. The first-order valence-electron chi connectivity index (χ1n) is 6.75. The molecule has 1 fully saturated rings. The monoisotopic (exact) mass is 299 g/mol. The highest BCUT2D eigenvalue weighted by Crippen LogP contribution is 2.21. The zero-order chi connectivity index (χ0) is 14.6. The zero-order valence-electron chi connectivity index (χ0n) is 11.9. The molecule has 0 aliphatic carbocycles. The third kappa shape index (κ3) is 3.47. The van der Waals surface area contributed by atoms with Crippen LogP contribution in [0.4, 0.5) is 0 Å². The molecule has 2 heterocycles. The first-order chi connectivity index (χ1) is 9.56. The Morgan fingerprint density at radius 1 is 1.55 bits per heavy atom. The highest BCUT2D eigenvalue weighted by atomic mass is 32.2. The van der Waals surface area contributed by atoms with E-state index in [0.29, 0.717) is 31.9 Å². The number of aromatic nitrogens is 1. The van der Waals surface area contributed by atoms with Crippen LogP contribution in [0.15, 0.2) is 18.3 Å². The molecule has 0 spiro atoms. The number of ether oxygens (including phenoxy) is 1. The van der Waals surface area contributed by atoms with Crippen LogP contribution >= 0.6 is 0 Å². The summed E-state index contributed by atoms with van der Waals surface area (Å²) in [5.41, 5.74) is 0.983. The Labute approximate surface area is 120 Å². The Bertz CT molecular complexity index is 548. The van der Waals surface area contributed by atoms with Crippen LogP contribution in [0.5, 0.6) is 5.88 Å². The summed E-state index contributed by atoms with van der Waals surface area (Å²) >= 11 is 0. The molecule has 1 atom stereocenters. The molecule has 1 aliphatic rings. The zero-order valence-corrected chi connectivity index (χ0v) is 12.7. The molecule has 0 aromatic carbocycles. The lowest BCUT2D eigenvalue weighted by atomic mass is 10.2. The van der Waals surface area contributed by atoms with Gasteiger partial charge in [-0.1, -0.05) is 13.0 Å². The van der Waals surface area contributed by atoms with Gasteiger partial charge in [0.25, 0.3) is 0 Å². The number of nitrogens with one attached hydrogen (secondary N) is 1. The minimum absolute atomic E-state index is 0.329. The summed E-state index contributed by atoms with van der Waals surface area (Å²) in [4.78, 5) is 6.28. The van der Waals surface area contributed by atoms with E-state index >= 15 is 0 Å². The van der Waals surface area contributed by atoms with Crippen LogP contribution < -0.4 is 9.46 Å². The number of methoxy groups -OCH3 is 1. The van der Waals surface area contributed by atoms with Crippen molar-refractivity contribution >= 4 is 10.0 Å². The number of sulfonamides is 1. The van der Waals surface area contributed by atoms with Gasteiger partial charge < -0.3 is 4.74 Å². The molecular weight excluding hydrogens is 278 g/mol. The van der Waals surface area contributed by atoms with Crippen LogP contribution in [0, 0.1) is 0 Å². The van der Waals surface area contributed by atoms with E-state index in [1.165, 1.54) is 0 Å². The van der Waals surface area contributed by atoms with Crippen molar-refractivity contribution in [3.05, 3.63) is 23.9 Å². The second-order valence-corrected chi connectivity index (χ2v) is 6.91. The molecular formula is C13H21N3O3S. The highest BCUT2D eigenvalue weighted by Gasteiger charge is 2.32. The number of nitrogens with zero attached hydrogens (tertiary/aromatic N) is 2. The molecule has 7 heteroatoms. The van der Waals surface area contributed by atoms with Crippen molar-refractivity contribution in [1.29, 1.82) is 0 Å². The average molecular weight is 299 g/mol. The van der Waals surface area contributed by atoms with E-state index in [-0.39, 0.29) is 5.25 Å². The van der Waals surface area contributed by atoms with Crippen molar-refractivity contribution in [2.45, 2.75) is 25.1 Å². The molecule has 112 valence electrons. The maximum Gasteiger partial charge on any atom is 0.217 e. The standard InChI is InChI=1S/C13H21N3O3S/c1-3-15-20(17,18)12-6-8-16(10-12)9-11-5-4-7-14-13(11)19-2/h4-5,7,12,15H,3,6,8-10H2,1-2H3. The third-order valence-electron chi connectivity index (χ3n) is 3.45. The maximum absolute atomic E-state index is 12.0. The number of hydrogen-bond donors (Lipinski definition) is 1. The largest absolute Gasteiger partial charge is 0.481 e. The quantitative estimate of drug-likeness (QED) is 0.833. The Morgan fingerprint density at radius 2 is 2.35 bits per heavy atom. The molecule has 0 saturated carbocycles. The summed E-state index contributed by atoms with van der Waals surface area (Å²) in [6.45, 7) is 4.22. The number of rotatable bonds is 6. The summed E-state index contributed by atoms with van der Waals surface area (Å²) in [6, 6.07) is 3.82. The lowest BCUT2D eigenvalue weighted by Crippen LogP contribution is -2.36. The first kappa shape index (κ1) is 15.2. The molecule has 6 nitrogen and oxygen atoms in total. The van der Waals surface area contributed by atoms with Gasteiger partial charge in [0.05, 0.1) is 12.4 Å². The third-order valence-corrected chi connectivity index (χ3v) is 5.40. The van der Waals surface area contributed by atoms with Crippen molar-refractivity contribution < 1.29 is 13.2 Å². The molecule has 1 N–H and O–H groups in total. The Hall–Kier alpha value is -1.18. The molecule has 0 radical (unpaired) electrons. The van der Waals surface area contributed by atoms with Gasteiger partial charge in [-0.25, -0.2) is 18.1 Å². The maximum atomic E-state index is 12.0. The summed E-state index contributed by atoms with van der Waals surface area (Å²) in [6.07, 6.45) is 2.35. The Balaban J connectivity index is 2.00. The molecule has 20 heavy (non-hydrogen) atoms. The topological polar surface area (TPSA) is 71.5 Å². The van der Waals surface area contributed by atoms with Gasteiger partial charge in [-0.15, -0.1) is 0 Å². The summed E-state index contributed by atoms with van der Waals surface area (Å²) in [5.74, 6) is 0.602. The van der Waals surface area contributed by atoms with Gasteiger partial charge in [-0.3, -0.25) is 4.90 Å². The van der Waals surface area contributed by atoms with E-state index in [1.54, 1.807) is 20.2 Å². The summed E-state index contributed by atoms with van der Waals surface area (Å²) in [7, 11) is -1.60. The van der Waals surface area contributed by atoms with E-state index in [1.807, 2.05) is 12.1 Å². The fraction of sp³-hybridized carbons (Fsp3) is 0.615. The van der Waals surface area contributed by atoms with Gasteiger partial charge >= 0.3 is 0 Å². The van der Waals surface area contributed by atoms with Gasteiger partial charge in [-0.05, 0) is 19.0 Å². The number of hydrogen-bond acceptors (Lipinski definition) is 5. The van der Waals surface area contributed by atoms with Gasteiger partial charge in [0.2, 0.25) is 15.9 Å². The minimum Gasteiger partial charge on any atom is -0.481 e. The van der Waals surface area contributed by atoms with Gasteiger partial charge in [0.15, 0.2) is 0 Å². The number of likely N-dealkylation sites (tertiary alicyclic amines) is 1. The van der Waals surface area contributed by atoms with Crippen molar-refractivity contribution in [1.82, 2.24) is 14.6 Å². The van der Waals surface area contributed by atoms with Crippen LogP contribution in [0.1, 0.15) is 18.9 Å².